The molecule has 42 heavy (non-hydrogen) atoms. The summed E-state index contributed by atoms with van der Waals surface area (Å²) in [6.07, 6.45) is -3.76. The van der Waals surface area contributed by atoms with Gasteiger partial charge < -0.3 is 20.4 Å². The SMILES string of the molecule is COCC(C(=O)NCC(F)(F)F)c1ccc2[nH]c(C(NC(=O)c3nonc3C3CC3)C3CCC(F)(F)CC3)nc2c1F. The van der Waals surface area contributed by atoms with Gasteiger partial charge in [0.15, 0.2) is 11.5 Å². The molecule has 3 N–H and O–H groups in total. The van der Waals surface area contributed by atoms with Crippen LogP contribution in [0.4, 0.5) is 26.3 Å². The number of hydrogen-bond acceptors (Lipinski definition) is 7. The number of aromatic amines is 1. The highest BCUT2D eigenvalue weighted by Gasteiger charge is 2.41. The van der Waals surface area contributed by atoms with Gasteiger partial charge in [-0.15, -0.1) is 0 Å². The maximum atomic E-state index is 15.8. The number of hydrogen-bond donors (Lipinski definition) is 3. The Morgan fingerprint density at radius 3 is 2.52 bits per heavy atom. The van der Waals surface area contributed by atoms with Crippen molar-refractivity contribution in [1.29, 1.82) is 0 Å². The average molecular weight is 603 g/mol. The van der Waals surface area contributed by atoms with E-state index in [-0.39, 0.29) is 46.9 Å². The third-order valence-electron chi connectivity index (χ3n) is 7.64. The maximum Gasteiger partial charge on any atom is 0.405 e. The van der Waals surface area contributed by atoms with E-state index in [4.69, 9.17) is 9.37 Å². The molecule has 0 aliphatic heterocycles. The number of amides is 2. The van der Waals surface area contributed by atoms with Gasteiger partial charge in [0.05, 0.1) is 24.1 Å². The van der Waals surface area contributed by atoms with Crippen molar-refractivity contribution in [2.24, 2.45) is 5.92 Å². The molecule has 16 heteroatoms. The van der Waals surface area contributed by atoms with Gasteiger partial charge in [-0.05, 0) is 42.8 Å². The van der Waals surface area contributed by atoms with Crippen molar-refractivity contribution in [2.75, 3.05) is 20.3 Å². The molecule has 2 atom stereocenters. The fraction of sp³-hybridized carbons (Fsp3) is 0.577. The second-order valence-electron chi connectivity index (χ2n) is 10.7. The minimum atomic E-state index is -4.67. The van der Waals surface area contributed by atoms with Crippen LogP contribution in [0, 0.1) is 11.7 Å². The second kappa shape index (κ2) is 11.5. The molecular weight excluding hydrogens is 574 g/mol. The first kappa shape index (κ1) is 29.8. The van der Waals surface area contributed by atoms with E-state index in [1.807, 2.05) is 0 Å². The first-order chi connectivity index (χ1) is 19.9. The molecule has 3 aromatic rings. The van der Waals surface area contributed by atoms with Gasteiger partial charge in [0.1, 0.15) is 23.6 Å². The lowest BCUT2D eigenvalue weighted by Gasteiger charge is -2.33. The smallest absolute Gasteiger partial charge is 0.384 e. The van der Waals surface area contributed by atoms with Gasteiger partial charge >= 0.3 is 6.18 Å². The number of carbonyl (C=O) groups is 2. The highest BCUT2D eigenvalue weighted by Crippen LogP contribution is 2.43. The normalized spacial score (nSPS) is 19.0. The number of imidazole rings is 1. The van der Waals surface area contributed by atoms with Crippen LogP contribution >= 0.6 is 0 Å². The third-order valence-corrected chi connectivity index (χ3v) is 7.64. The highest BCUT2D eigenvalue weighted by molar-refractivity contribution is 5.93. The first-order valence-corrected chi connectivity index (χ1v) is 13.4. The van der Waals surface area contributed by atoms with Crippen LogP contribution in [0.2, 0.25) is 0 Å². The lowest BCUT2D eigenvalue weighted by Crippen LogP contribution is -2.38. The number of halogens is 6. The van der Waals surface area contributed by atoms with Crippen LogP contribution in [0.25, 0.3) is 11.0 Å². The van der Waals surface area contributed by atoms with Gasteiger partial charge in [-0.25, -0.2) is 22.8 Å². The molecule has 5 rings (SSSR count). The predicted octanol–water partition coefficient (Wildman–Crippen LogP) is 4.67. The van der Waals surface area contributed by atoms with Crippen molar-refractivity contribution in [1.82, 2.24) is 30.9 Å². The number of nitrogens with zero attached hydrogens (tertiary/aromatic N) is 3. The van der Waals surface area contributed by atoms with Gasteiger partial charge in [0.25, 0.3) is 5.91 Å². The van der Waals surface area contributed by atoms with Crippen molar-refractivity contribution in [3.63, 3.8) is 0 Å². The molecular formula is C26H28F6N6O4. The van der Waals surface area contributed by atoms with Crippen molar-refractivity contribution in [3.05, 3.63) is 40.7 Å². The van der Waals surface area contributed by atoms with Gasteiger partial charge in [-0.3, -0.25) is 9.59 Å². The fourth-order valence-electron chi connectivity index (χ4n) is 5.27. The Hall–Kier alpha value is -3.69. The number of fused-ring (bicyclic) bond motifs is 1. The highest BCUT2D eigenvalue weighted by atomic mass is 19.4. The summed E-state index contributed by atoms with van der Waals surface area (Å²) in [4.78, 5) is 33.0. The number of rotatable bonds is 10. The summed E-state index contributed by atoms with van der Waals surface area (Å²) in [6, 6.07) is 1.68. The molecule has 2 aliphatic carbocycles. The number of benzene rings is 1. The Bertz CT molecular complexity index is 1440. The molecule has 2 saturated carbocycles. The molecule has 0 spiro atoms. The monoisotopic (exact) mass is 602 g/mol. The number of aromatic nitrogens is 4. The topological polar surface area (TPSA) is 135 Å². The fourth-order valence-corrected chi connectivity index (χ4v) is 5.27. The zero-order valence-electron chi connectivity index (χ0n) is 22.4. The molecule has 0 saturated heterocycles. The van der Waals surface area contributed by atoms with E-state index in [0.29, 0.717) is 5.69 Å². The van der Waals surface area contributed by atoms with E-state index < -0.39 is 73.6 Å². The number of carbonyl (C=O) groups excluding carboxylic acids is 2. The Balaban J connectivity index is 1.46. The van der Waals surface area contributed by atoms with E-state index in [1.165, 1.54) is 19.2 Å². The summed E-state index contributed by atoms with van der Waals surface area (Å²) < 4.78 is 91.4. The number of nitrogens with one attached hydrogen (secondary N) is 3. The minimum absolute atomic E-state index is 0.0273. The molecule has 2 amide bonds. The van der Waals surface area contributed by atoms with Gasteiger partial charge in [-0.2, -0.15) is 13.2 Å². The van der Waals surface area contributed by atoms with E-state index in [1.54, 1.807) is 5.32 Å². The Labute approximate surface area is 234 Å². The van der Waals surface area contributed by atoms with Crippen molar-refractivity contribution in [2.45, 2.75) is 68.5 Å². The standard InChI is InChI=1S/C26H28F6N6O4/c1-41-10-15(23(39)33-11-26(30,31)32)14-4-5-16-20(17(14)27)35-22(34-16)19(13-6-8-25(28,29)9-7-13)36-24(40)21-18(12-2-3-12)37-42-38-21/h4-5,12-13,15,19H,2-3,6-11H2,1H3,(H,33,39)(H,34,35)(H,36,40). The van der Waals surface area contributed by atoms with E-state index in [0.717, 1.165) is 12.8 Å². The van der Waals surface area contributed by atoms with E-state index in [9.17, 15) is 31.5 Å². The minimum Gasteiger partial charge on any atom is -0.384 e. The summed E-state index contributed by atoms with van der Waals surface area (Å²) in [5.41, 5.74) is 0.0487. The predicted molar refractivity (Wildman–Crippen MR) is 133 cm³/mol. The van der Waals surface area contributed by atoms with Crippen LogP contribution in [0.3, 0.4) is 0 Å². The van der Waals surface area contributed by atoms with E-state index in [2.05, 4.69) is 25.6 Å². The Morgan fingerprint density at radius 1 is 1.17 bits per heavy atom. The third kappa shape index (κ3) is 6.52. The molecule has 1 aromatic carbocycles. The largest absolute Gasteiger partial charge is 0.405 e. The quantitative estimate of drug-likeness (QED) is 0.287. The molecule has 2 heterocycles. The van der Waals surface area contributed by atoms with Gasteiger partial charge in [0, 0.05) is 31.4 Å². The zero-order valence-corrected chi connectivity index (χ0v) is 22.4. The van der Waals surface area contributed by atoms with Crippen molar-refractivity contribution in [3.8, 4) is 0 Å². The van der Waals surface area contributed by atoms with Crippen LogP contribution < -0.4 is 10.6 Å². The van der Waals surface area contributed by atoms with Crippen molar-refractivity contribution < 1.29 is 45.3 Å². The summed E-state index contributed by atoms with van der Waals surface area (Å²) in [7, 11) is 1.22. The number of alkyl halides is 5. The summed E-state index contributed by atoms with van der Waals surface area (Å²) in [6.45, 7) is -2.01. The Kier molecular flexibility index (Phi) is 8.18. The van der Waals surface area contributed by atoms with Crippen LogP contribution in [0.5, 0.6) is 0 Å². The summed E-state index contributed by atoms with van der Waals surface area (Å²) in [5.74, 6) is -7.36. The second-order valence-corrected chi connectivity index (χ2v) is 10.7. The van der Waals surface area contributed by atoms with Crippen LogP contribution in [0.15, 0.2) is 16.8 Å². The molecule has 2 aromatic heterocycles. The van der Waals surface area contributed by atoms with Crippen molar-refractivity contribution >= 4 is 22.8 Å². The molecule has 10 nitrogen and oxygen atoms in total. The lowest BCUT2D eigenvalue weighted by molar-refractivity contribution is -0.140. The maximum absolute atomic E-state index is 15.8. The van der Waals surface area contributed by atoms with Gasteiger partial charge in [-0.1, -0.05) is 11.2 Å². The molecule has 228 valence electrons. The van der Waals surface area contributed by atoms with Crippen LogP contribution in [-0.4, -0.2) is 64.5 Å². The molecule has 0 radical (unpaired) electrons. The molecule has 2 aliphatic rings. The van der Waals surface area contributed by atoms with E-state index >= 15 is 4.39 Å². The van der Waals surface area contributed by atoms with Crippen LogP contribution in [-0.2, 0) is 9.53 Å². The number of methoxy groups -OCH3 is 1. The average Bonchev–Trinajstić information content (AvgIpc) is 3.48. The number of ether oxygens (including phenoxy) is 1. The van der Waals surface area contributed by atoms with Crippen LogP contribution in [0.1, 0.15) is 84.0 Å². The Morgan fingerprint density at radius 2 is 1.88 bits per heavy atom. The molecule has 0 bridgehead atoms. The first-order valence-electron chi connectivity index (χ1n) is 13.4. The van der Waals surface area contributed by atoms with Gasteiger partial charge in [0.2, 0.25) is 11.8 Å². The number of H-pyrrole nitrogens is 1. The summed E-state index contributed by atoms with van der Waals surface area (Å²) >= 11 is 0. The molecule has 2 fully saturated rings. The lowest BCUT2D eigenvalue weighted by atomic mass is 9.81. The molecule has 2 unspecified atom stereocenters. The summed E-state index contributed by atoms with van der Waals surface area (Å²) in [5, 5.41) is 12.1. The zero-order chi connectivity index (χ0) is 30.2.